The first kappa shape index (κ1) is 11.3. The summed E-state index contributed by atoms with van der Waals surface area (Å²) >= 11 is 0. The zero-order valence-corrected chi connectivity index (χ0v) is 9.33. The molecular formula is C13H20O. The molecule has 1 heteroatoms. The van der Waals surface area contributed by atoms with Gasteiger partial charge < -0.3 is 5.11 Å². The minimum Gasteiger partial charge on any atom is -0.393 e. The zero-order chi connectivity index (χ0) is 10.6. The Morgan fingerprint density at radius 2 is 1.93 bits per heavy atom. The smallest absolute Gasteiger partial charge is 0.0543 e. The van der Waals surface area contributed by atoms with Crippen LogP contribution in [-0.2, 0) is 6.42 Å². The van der Waals surface area contributed by atoms with E-state index in [1.54, 1.807) is 0 Å². The van der Waals surface area contributed by atoms with Crippen LogP contribution in [0.5, 0.6) is 0 Å². The molecule has 1 aromatic carbocycles. The third-order valence-corrected chi connectivity index (χ3v) is 2.95. The highest BCUT2D eigenvalue weighted by Gasteiger charge is 2.13. The van der Waals surface area contributed by atoms with E-state index in [0.717, 1.165) is 12.8 Å². The highest BCUT2D eigenvalue weighted by Crippen LogP contribution is 2.18. The van der Waals surface area contributed by atoms with Crippen LogP contribution in [0.3, 0.4) is 0 Å². The normalized spacial score (nSPS) is 15.1. The van der Waals surface area contributed by atoms with Crippen LogP contribution in [0.4, 0.5) is 0 Å². The summed E-state index contributed by atoms with van der Waals surface area (Å²) in [5.74, 6) is 0.385. The minimum absolute atomic E-state index is 0.209. The third kappa shape index (κ3) is 2.85. The van der Waals surface area contributed by atoms with Gasteiger partial charge in [-0.3, -0.25) is 0 Å². The Morgan fingerprint density at radius 3 is 2.43 bits per heavy atom. The highest BCUT2D eigenvalue weighted by atomic mass is 16.3. The number of rotatable bonds is 4. The summed E-state index contributed by atoms with van der Waals surface area (Å²) < 4.78 is 0. The van der Waals surface area contributed by atoms with Crippen molar-refractivity contribution in [2.24, 2.45) is 5.92 Å². The van der Waals surface area contributed by atoms with Crippen LogP contribution in [0.1, 0.15) is 31.4 Å². The van der Waals surface area contributed by atoms with Crippen LogP contribution in [0.15, 0.2) is 24.3 Å². The van der Waals surface area contributed by atoms with E-state index in [2.05, 4.69) is 38.1 Å². The summed E-state index contributed by atoms with van der Waals surface area (Å²) in [5, 5.41) is 9.56. The molecule has 0 aliphatic rings. The fourth-order valence-corrected chi connectivity index (χ4v) is 1.78. The van der Waals surface area contributed by atoms with Crippen LogP contribution < -0.4 is 0 Å². The van der Waals surface area contributed by atoms with Crippen molar-refractivity contribution in [3.8, 4) is 0 Å². The minimum atomic E-state index is -0.209. The van der Waals surface area contributed by atoms with Crippen LogP contribution in [0.25, 0.3) is 0 Å². The molecule has 78 valence electrons. The predicted molar refractivity (Wildman–Crippen MR) is 60.3 cm³/mol. The maximum Gasteiger partial charge on any atom is 0.0543 e. The van der Waals surface area contributed by atoms with Gasteiger partial charge in [0.2, 0.25) is 0 Å². The zero-order valence-electron chi connectivity index (χ0n) is 9.33. The number of aliphatic hydroxyl groups excluding tert-OH is 1. The van der Waals surface area contributed by atoms with Crippen molar-refractivity contribution in [2.45, 2.75) is 39.7 Å². The Hall–Kier alpha value is -0.820. The lowest BCUT2D eigenvalue weighted by molar-refractivity contribution is 0.123. The molecule has 0 aromatic heterocycles. The van der Waals surface area contributed by atoms with Gasteiger partial charge in [-0.25, -0.2) is 0 Å². The van der Waals surface area contributed by atoms with E-state index in [1.165, 1.54) is 11.1 Å². The molecule has 0 aliphatic heterocycles. The van der Waals surface area contributed by atoms with Crippen molar-refractivity contribution in [2.75, 3.05) is 0 Å². The first-order valence-corrected chi connectivity index (χ1v) is 5.37. The van der Waals surface area contributed by atoms with E-state index in [-0.39, 0.29) is 6.10 Å². The van der Waals surface area contributed by atoms with Gasteiger partial charge in [0, 0.05) is 0 Å². The Balaban J connectivity index is 2.72. The van der Waals surface area contributed by atoms with E-state index in [0.29, 0.717) is 5.92 Å². The lowest BCUT2D eigenvalue weighted by Gasteiger charge is -2.18. The maximum absolute atomic E-state index is 9.56. The van der Waals surface area contributed by atoms with E-state index in [4.69, 9.17) is 0 Å². The average Bonchev–Trinajstić information content (AvgIpc) is 2.16. The topological polar surface area (TPSA) is 20.2 Å². The van der Waals surface area contributed by atoms with Crippen molar-refractivity contribution in [3.63, 3.8) is 0 Å². The van der Waals surface area contributed by atoms with E-state index >= 15 is 0 Å². The summed E-state index contributed by atoms with van der Waals surface area (Å²) in [4.78, 5) is 0. The molecular weight excluding hydrogens is 172 g/mol. The van der Waals surface area contributed by atoms with E-state index < -0.39 is 0 Å². The van der Waals surface area contributed by atoms with Crippen LogP contribution in [-0.4, -0.2) is 11.2 Å². The molecule has 1 rings (SSSR count). The molecule has 0 fully saturated rings. The lowest BCUT2D eigenvalue weighted by Crippen LogP contribution is -2.18. The second-order valence-corrected chi connectivity index (χ2v) is 4.04. The monoisotopic (exact) mass is 192 g/mol. The molecule has 0 radical (unpaired) electrons. The number of aryl methyl sites for hydroxylation is 1. The van der Waals surface area contributed by atoms with E-state index in [1.807, 2.05) is 6.92 Å². The van der Waals surface area contributed by atoms with Gasteiger partial charge in [0.25, 0.3) is 0 Å². The van der Waals surface area contributed by atoms with Gasteiger partial charge in [-0.1, -0.05) is 37.6 Å². The molecule has 1 N–H and O–H groups in total. The third-order valence-electron chi connectivity index (χ3n) is 2.95. The van der Waals surface area contributed by atoms with Crippen LogP contribution >= 0.6 is 0 Å². The first-order chi connectivity index (χ1) is 6.65. The Kier molecular flexibility index (Phi) is 4.15. The van der Waals surface area contributed by atoms with Crippen molar-refractivity contribution in [1.29, 1.82) is 0 Å². The van der Waals surface area contributed by atoms with Crippen molar-refractivity contribution < 1.29 is 5.11 Å². The molecule has 0 heterocycles. The van der Waals surface area contributed by atoms with Gasteiger partial charge in [0.1, 0.15) is 0 Å². The molecule has 0 spiro atoms. The molecule has 0 saturated carbocycles. The average molecular weight is 192 g/mol. The molecule has 1 nitrogen and oxygen atoms in total. The predicted octanol–water partition coefficient (Wildman–Crippen LogP) is 2.94. The number of hydrogen-bond donors (Lipinski definition) is 1. The van der Waals surface area contributed by atoms with Crippen molar-refractivity contribution >= 4 is 0 Å². The quantitative estimate of drug-likeness (QED) is 0.777. The van der Waals surface area contributed by atoms with Crippen molar-refractivity contribution in [3.05, 3.63) is 35.4 Å². The second kappa shape index (κ2) is 5.16. The Labute approximate surface area is 86.8 Å². The molecule has 2 unspecified atom stereocenters. The number of benzene rings is 1. The highest BCUT2D eigenvalue weighted by molar-refractivity contribution is 5.25. The van der Waals surface area contributed by atoms with Gasteiger partial charge in [-0.05, 0) is 37.3 Å². The van der Waals surface area contributed by atoms with Crippen LogP contribution in [0.2, 0.25) is 0 Å². The summed E-state index contributed by atoms with van der Waals surface area (Å²) in [7, 11) is 0. The Morgan fingerprint density at radius 1 is 1.29 bits per heavy atom. The molecule has 0 aliphatic carbocycles. The molecule has 0 saturated heterocycles. The van der Waals surface area contributed by atoms with Gasteiger partial charge in [0.15, 0.2) is 0 Å². The fraction of sp³-hybridized carbons (Fsp3) is 0.538. The maximum atomic E-state index is 9.56. The fourth-order valence-electron chi connectivity index (χ4n) is 1.78. The van der Waals surface area contributed by atoms with Gasteiger partial charge >= 0.3 is 0 Å². The number of aliphatic hydroxyl groups is 1. The Bertz CT molecular complexity index is 278. The number of hydrogen-bond acceptors (Lipinski definition) is 1. The van der Waals surface area contributed by atoms with Crippen LogP contribution in [0, 0.1) is 12.8 Å². The molecule has 2 atom stereocenters. The van der Waals surface area contributed by atoms with Gasteiger partial charge in [0.05, 0.1) is 6.10 Å². The molecule has 1 aromatic rings. The largest absolute Gasteiger partial charge is 0.393 e. The summed E-state index contributed by atoms with van der Waals surface area (Å²) in [5.41, 5.74) is 2.69. The molecule has 0 amide bonds. The first-order valence-electron chi connectivity index (χ1n) is 5.37. The standard InChI is InChI=1S/C13H20O/c1-4-12(11(3)14)9-13-8-6-5-7-10(13)2/h5-8,11-12,14H,4,9H2,1-3H3. The summed E-state index contributed by atoms with van der Waals surface area (Å²) in [6.45, 7) is 6.15. The van der Waals surface area contributed by atoms with E-state index in [9.17, 15) is 5.11 Å². The summed E-state index contributed by atoms with van der Waals surface area (Å²) in [6, 6.07) is 8.41. The van der Waals surface area contributed by atoms with Crippen molar-refractivity contribution in [1.82, 2.24) is 0 Å². The molecule has 0 bridgehead atoms. The lowest BCUT2D eigenvalue weighted by atomic mass is 9.91. The molecule has 14 heavy (non-hydrogen) atoms. The summed E-state index contributed by atoms with van der Waals surface area (Å²) in [6.07, 6.45) is 1.81. The second-order valence-electron chi connectivity index (χ2n) is 4.04. The van der Waals surface area contributed by atoms with Gasteiger partial charge in [-0.15, -0.1) is 0 Å². The van der Waals surface area contributed by atoms with Gasteiger partial charge in [-0.2, -0.15) is 0 Å². The SMILES string of the molecule is CCC(Cc1ccccc1C)C(C)O.